The van der Waals surface area contributed by atoms with Crippen molar-refractivity contribution in [3.8, 4) is 0 Å². The maximum Gasteiger partial charge on any atom is 0.0335 e. The van der Waals surface area contributed by atoms with E-state index in [9.17, 15) is 0 Å². The van der Waals surface area contributed by atoms with Crippen LogP contribution in [0.15, 0.2) is 24.5 Å². The van der Waals surface area contributed by atoms with Crippen molar-refractivity contribution in [1.82, 2.24) is 10.3 Å². The van der Waals surface area contributed by atoms with E-state index in [0.29, 0.717) is 6.04 Å². The van der Waals surface area contributed by atoms with Crippen molar-refractivity contribution in [2.24, 2.45) is 5.92 Å². The molecule has 13 heavy (non-hydrogen) atoms. The second-order valence-electron chi connectivity index (χ2n) is 3.81. The quantitative estimate of drug-likeness (QED) is 0.760. The van der Waals surface area contributed by atoms with Crippen LogP contribution >= 0.6 is 0 Å². The number of rotatable bonds is 4. The van der Waals surface area contributed by atoms with Crippen LogP contribution in [0.4, 0.5) is 0 Å². The van der Waals surface area contributed by atoms with Gasteiger partial charge in [0.1, 0.15) is 0 Å². The zero-order valence-corrected chi connectivity index (χ0v) is 8.03. The summed E-state index contributed by atoms with van der Waals surface area (Å²) >= 11 is 0. The van der Waals surface area contributed by atoms with Gasteiger partial charge in [-0.3, -0.25) is 4.98 Å². The molecule has 1 aliphatic rings. The maximum atomic E-state index is 4.14. The van der Waals surface area contributed by atoms with Gasteiger partial charge in [0.05, 0.1) is 0 Å². The summed E-state index contributed by atoms with van der Waals surface area (Å²) in [5.74, 6) is 0.956. The van der Waals surface area contributed by atoms with Gasteiger partial charge in [-0.05, 0) is 31.0 Å². The summed E-state index contributed by atoms with van der Waals surface area (Å²) in [5, 5.41) is 3.35. The number of aromatic nitrogens is 1. The topological polar surface area (TPSA) is 24.9 Å². The van der Waals surface area contributed by atoms with E-state index >= 15 is 0 Å². The van der Waals surface area contributed by atoms with E-state index in [1.807, 2.05) is 25.5 Å². The highest BCUT2D eigenvalue weighted by Crippen LogP contribution is 2.37. The Hall–Kier alpha value is -0.890. The highest BCUT2D eigenvalue weighted by molar-refractivity contribution is 5.14. The van der Waals surface area contributed by atoms with Crippen LogP contribution in [0.2, 0.25) is 0 Å². The Morgan fingerprint density at radius 2 is 2.46 bits per heavy atom. The third-order valence-corrected chi connectivity index (χ3v) is 2.70. The smallest absolute Gasteiger partial charge is 0.0335 e. The normalized spacial score (nSPS) is 18.5. The molecule has 0 bridgehead atoms. The minimum Gasteiger partial charge on any atom is -0.313 e. The lowest BCUT2D eigenvalue weighted by atomic mass is 10.0. The standard InChI is InChI=1S/C11H16N2/c1-12-11(7-9-4-5-9)10-3-2-6-13-8-10/h2-3,6,8-9,11-12H,4-5,7H2,1H3. The van der Waals surface area contributed by atoms with Gasteiger partial charge in [0.25, 0.3) is 0 Å². The second kappa shape index (κ2) is 3.88. The predicted octanol–water partition coefficient (Wildman–Crippen LogP) is 2.14. The van der Waals surface area contributed by atoms with Gasteiger partial charge in [-0.1, -0.05) is 18.9 Å². The SMILES string of the molecule is CNC(CC1CC1)c1cccnc1. The molecule has 1 saturated carbocycles. The van der Waals surface area contributed by atoms with Gasteiger partial charge in [0, 0.05) is 18.4 Å². The molecule has 0 saturated heterocycles. The lowest BCUT2D eigenvalue weighted by Crippen LogP contribution is -2.16. The third-order valence-electron chi connectivity index (χ3n) is 2.70. The minimum absolute atomic E-state index is 0.501. The minimum atomic E-state index is 0.501. The summed E-state index contributed by atoms with van der Waals surface area (Å²) in [4.78, 5) is 4.14. The van der Waals surface area contributed by atoms with Crippen molar-refractivity contribution < 1.29 is 0 Å². The fraction of sp³-hybridized carbons (Fsp3) is 0.545. The summed E-state index contributed by atoms with van der Waals surface area (Å²) in [7, 11) is 2.03. The number of hydrogen-bond acceptors (Lipinski definition) is 2. The first-order valence-corrected chi connectivity index (χ1v) is 4.97. The highest BCUT2D eigenvalue weighted by atomic mass is 14.9. The molecule has 1 fully saturated rings. The zero-order valence-electron chi connectivity index (χ0n) is 8.03. The largest absolute Gasteiger partial charge is 0.313 e. The molecule has 0 radical (unpaired) electrons. The van der Waals surface area contributed by atoms with Crippen LogP contribution in [0.25, 0.3) is 0 Å². The molecule has 1 heterocycles. The summed E-state index contributed by atoms with van der Waals surface area (Å²) in [6, 6.07) is 4.66. The van der Waals surface area contributed by atoms with Gasteiger partial charge in [-0.25, -0.2) is 0 Å². The first kappa shape index (κ1) is 8.70. The van der Waals surface area contributed by atoms with Gasteiger partial charge in [0.2, 0.25) is 0 Å². The van der Waals surface area contributed by atoms with Crippen LogP contribution in [0, 0.1) is 5.92 Å². The summed E-state index contributed by atoms with van der Waals surface area (Å²) in [5.41, 5.74) is 1.32. The molecule has 0 aromatic carbocycles. The number of nitrogens with one attached hydrogen (secondary N) is 1. The number of pyridine rings is 1. The third kappa shape index (κ3) is 2.28. The Morgan fingerprint density at radius 3 is 3.00 bits per heavy atom. The highest BCUT2D eigenvalue weighted by Gasteiger charge is 2.25. The van der Waals surface area contributed by atoms with Crippen molar-refractivity contribution in [1.29, 1.82) is 0 Å². The van der Waals surface area contributed by atoms with Gasteiger partial charge < -0.3 is 5.32 Å². The van der Waals surface area contributed by atoms with Crippen molar-refractivity contribution in [3.05, 3.63) is 30.1 Å². The van der Waals surface area contributed by atoms with Gasteiger partial charge in [-0.2, -0.15) is 0 Å². The second-order valence-corrected chi connectivity index (χ2v) is 3.81. The molecule has 1 aromatic heterocycles. The molecule has 2 nitrogen and oxygen atoms in total. The lowest BCUT2D eigenvalue weighted by molar-refractivity contribution is 0.513. The van der Waals surface area contributed by atoms with E-state index in [2.05, 4.69) is 16.4 Å². The Balaban J connectivity index is 2.02. The molecule has 70 valence electrons. The maximum absolute atomic E-state index is 4.14. The van der Waals surface area contributed by atoms with Gasteiger partial charge >= 0.3 is 0 Å². The van der Waals surface area contributed by atoms with Crippen molar-refractivity contribution in [3.63, 3.8) is 0 Å². The molecule has 1 atom stereocenters. The number of hydrogen-bond donors (Lipinski definition) is 1. The fourth-order valence-electron chi connectivity index (χ4n) is 1.69. The molecule has 2 rings (SSSR count). The molecule has 0 amide bonds. The first-order chi connectivity index (χ1) is 6.40. The molecule has 1 aromatic rings. The van der Waals surface area contributed by atoms with Crippen LogP contribution in [0.5, 0.6) is 0 Å². The molecule has 0 spiro atoms. The van der Waals surface area contributed by atoms with Crippen molar-refractivity contribution in [2.75, 3.05) is 7.05 Å². The Kier molecular flexibility index (Phi) is 2.60. The molecule has 1 aliphatic carbocycles. The average Bonchev–Trinajstić information content (AvgIpc) is 2.99. The first-order valence-electron chi connectivity index (χ1n) is 4.97. The molecule has 1 N–H and O–H groups in total. The van der Waals surface area contributed by atoms with E-state index in [-0.39, 0.29) is 0 Å². The molecule has 2 heteroatoms. The van der Waals surface area contributed by atoms with Crippen LogP contribution in [0.1, 0.15) is 30.9 Å². The van der Waals surface area contributed by atoms with Crippen LogP contribution in [0.3, 0.4) is 0 Å². The van der Waals surface area contributed by atoms with Crippen LogP contribution in [-0.2, 0) is 0 Å². The fourth-order valence-corrected chi connectivity index (χ4v) is 1.69. The molecular formula is C11H16N2. The van der Waals surface area contributed by atoms with E-state index in [0.717, 1.165) is 5.92 Å². The number of nitrogens with zero attached hydrogens (tertiary/aromatic N) is 1. The molecule has 1 unspecified atom stereocenters. The predicted molar refractivity (Wildman–Crippen MR) is 53.4 cm³/mol. The van der Waals surface area contributed by atoms with Gasteiger partial charge in [-0.15, -0.1) is 0 Å². The Morgan fingerprint density at radius 1 is 1.62 bits per heavy atom. The van der Waals surface area contributed by atoms with Crippen molar-refractivity contribution in [2.45, 2.75) is 25.3 Å². The summed E-state index contributed by atoms with van der Waals surface area (Å²) in [6.07, 6.45) is 7.88. The van der Waals surface area contributed by atoms with E-state index in [4.69, 9.17) is 0 Å². The van der Waals surface area contributed by atoms with Crippen LogP contribution in [-0.4, -0.2) is 12.0 Å². The van der Waals surface area contributed by atoms with Crippen molar-refractivity contribution >= 4 is 0 Å². The lowest BCUT2D eigenvalue weighted by Gasteiger charge is -2.15. The monoisotopic (exact) mass is 176 g/mol. The summed E-state index contributed by atoms with van der Waals surface area (Å²) in [6.45, 7) is 0. The Labute approximate surface area is 79.4 Å². The molecule has 0 aliphatic heterocycles. The summed E-state index contributed by atoms with van der Waals surface area (Å²) < 4.78 is 0. The van der Waals surface area contributed by atoms with Crippen LogP contribution < -0.4 is 5.32 Å². The zero-order chi connectivity index (χ0) is 9.10. The average molecular weight is 176 g/mol. The van der Waals surface area contributed by atoms with E-state index in [1.165, 1.54) is 24.8 Å². The van der Waals surface area contributed by atoms with E-state index in [1.54, 1.807) is 0 Å². The Bertz CT molecular complexity index is 254. The molecular weight excluding hydrogens is 160 g/mol. The van der Waals surface area contributed by atoms with E-state index < -0.39 is 0 Å². The van der Waals surface area contributed by atoms with Gasteiger partial charge in [0.15, 0.2) is 0 Å².